The lowest BCUT2D eigenvalue weighted by atomic mass is 10.3. The van der Waals surface area contributed by atoms with Gasteiger partial charge in [0, 0.05) is 13.1 Å². The number of hydrogen-bond donors (Lipinski definition) is 1. The number of halogens is 1. The average molecular weight is 256 g/mol. The van der Waals surface area contributed by atoms with Crippen LogP contribution in [0.3, 0.4) is 0 Å². The van der Waals surface area contributed by atoms with E-state index < -0.39 is 21.2 Å². The molecular weight excluding hydrogens is 242 g/mol. The average Bonchev–Trinajstić information content (AvgIpc) is 2.28. The van der Waals surface area contributed by atoms with E-state index in [2.05, 4.69) is 0 Å². The summed E-state index contributed by atoms with van der Waals surface area (Å²) < 4.78 is 22.5. The van der Waals surface area contributed by atoms with Crippen LogP contribution in [0.15, 0.2) is 0 Å². The smallest absolute Gasteiger partial charge is 0.322 e. The topological polar surface area (TPSA) is 74.7 Å². The molecule has 1 atom stereocenters. The van der Waals surface area contributed by atoms with Crippen molar-refractivity contribution in [2.45, 2.75) is 11.8 Å². The molecule has 0 aromatic carbocycles. The van der Waals surface area contributed by atoms with E-state index in [1.165, 1.54) is 0 Å². The van der Waals surface area contributed by atoms with Crippen LogP contribution in [0.5, 0.6) is 0 Å². The third kappa shape index (κ3) is 4.36. The van der Waals surface area contributed by atoms with Crippen molar-refractivity contribution in [3.8, 4) is 0 Å². The monoisotopic (exact) mass is 255 g/mol. The third-order valence-corrected chi connectivity index (χ3v) is 4.37. The van der Waals surface area contributed by atoms with Gasteiger partial charge in [-0.3, -0.25) is 4.79 Å². The predicted molar refractivity (Wildman–Crippen MR) is 57.0 cm³/mol. The Bertz CT molecular complexity index is 330. The summed E-state index contributed by atoms with van der Waals surface area (Å²) in [6.07, 6.45) is 0.547. The number of carbonyl (C=O) groups is 1. The summed E-state index contributed by atoms with van der Waals surface area (Å²) in [6.45, 7) is 1.17. The minimum Gasteiger partial charge on any atom is -0.480 e. The number of carboxylic acid groups (broad SMARTS) is 1. The van der Waals surface area contributed by atoms with Crippen LogP contribution in [0.25, 0.3) is 0 Å². The molecule has 0 aromatic heterocycles. The third-order valence-electron chi connectivity index (χ3n) is 2.33. The lowest BCUT2D eigenvalue weighted by molar-refractivity contribution is -0.136. The van der Waals surface area contributed by atoms with Crippen LogP contribution in [0.4, 0.5) is 0 Å². The number of nitrogens with zero attached hydrogens (tertiary/aromatic N) is 1. The number of aliphatic carboxylic acids is 1. The van der Waals surface area contributed by atoms with Crippen LogP contribution in [-0.2, 0) is 14.6 Å². The van der Waals surface area contributed by atoms with Gasteiger partial charge in [-0.2, -0.15) is 0 Å². The molecule has 0 saturated carbocycles. The molecule has 0 aliphatic carbocycles. The molecule has 1 saturated heterocycles. The number of sulfone groups is 1. The zero-order valence-electron chi connectivity index (χ0n) is 8.23. The summed E-state index contributed by atoms with van der Waals surface area (Å²) in [6, 6.07) is 0. The van der Waals surface area contributed by atoms with Gasteiger partial charge in [0.25, 0.3) is 0 Å². The molecule has 7 heteroatoms. The van der Waals surface area contributed by atoms with Gasteiger partial charge < -0.3 is 10.0 Å². The van der Waals surface area contributed by atoms with Crippen LogP contribution in [0, 0.1) is 0 Å². The minimum absolute atomic E-state index is 0.0935. The van der Waals surface area contributed by atoms with E-state index >= 15 is 0 Å². The molecule has 88 valence electrons. The Morgan fingerprint density at radius 2 is 2.07 bits per heavy atom. The predicted octanol–water partition coefficient (Wildman–Crippen LogP) is -0.201. The van der Waals surface area contributed by atoms with Gasteiger partial charge >= 0.3 is 5.97 Å². The highest BCUT2D eigenvalue weighted by atomic mass is 35.5. The van der Waals surface area contributed by atoms with Crippen LogP contribution in [0.2, 0.25) is 0 Å². The fraction of sp³-hybridized carbons (Fsp3) is 0.875. The standard InChI is InChI=1S/C8H14ClNO4S/c9-7(8(11)12)6-10-2-1-4-15(13,14)5-3-10/h7H,1-6H2,(H,11,12). The van der Waals surface area contributed by atoms with Crippen molar-refractivity contribution in [1.82, 2.24) is 4.90 Å². The summed E-state index contributed by atoms with van der Waals surface area (Å²) in [7, 11) is -2.94. The molecule has 1 unspecified atom stereocenters. The van der Waals surface area contributed by atoms with Gasteiger partial charge in [-0.05, 0) is 13.0 Å². The SMILES string of the molecule is O=C(O)C(Cl)CN1CCCS(=O)(=O)CC1. The van der Waals surface area contributed by atoms with Gasteiger partial charge in [0.15, 0.2) is 9.84 Å². The molecule has 0 aromatic rings. The maximum Gasteiger partial charge on any atom is 0.322 e. The summed E-state index contributed by atoms with van der Waals surface area (Å²) in [5, 5.41) is 7.64. The summed E-state index contributed by atoms with van der Waals surface area (Å²) >= 11 is 5.58. The first-order chi connectivity index (χ1) is 6.91. The maximum atomic E-state index is 11.3. The molecular formula is C8H14ClNO4S. The first-order valence-electron chi connectivity index (χ1n) is 4.70. The van der Waals surface area contributed by atoms with E-state index in [1.54, 1.807) is 4.90 Å². The van der Waals surface area contributed by atoms with Gasteiger partial charge in [-0.1, -0.05) is 0 Å². The Kier molecular flexibility index (Phi) is 4.36. The van der Waals surface area contributed by atoms with Gasteiger partial charge in [-0.15, -0.1) is 11.6 Å². The van der Waals surface area contributed by atoms with Crippen molar-refractivity contribution in [2.75, 3.05) is 31.1 Å². The fourth-order valence-corrected chi connectivity index (χ4v) is 2.98. The number of hydrogen-bond acceptors (Lipinski definition) is 4. The lowest BCUT2D eigenvalue weighted by Crippen LogP contribution is -2.35. The Balaban J connectivity index is 2.48. The van der Waals surface area contributed by atoms with Gasteiger partial charge in [0.2, 0.25) is 0 Å². The Hall–Kier alpha value is -0.330. The molecule has 1 N–H and O–H groups in total. The second kappa shape index (κ2) is 5.14. The van der Waals surface area contributed by atoms with Gasteiger partial charge in [0.1, 0.15) is 5.38 Å². The largest absolute Gasteiger partial charge is 0.480 e. The summed E-state index contributed by atoms with van der Waals surface area (Å²) in [4.78, 5) is 12.3. The van der Waals surface area contributed by atoms with Crippen molar-refractivity contribution < 1.29 is 18.3 Å². The van der Waals surface area contributed by atoms with Crippen molar-refractivity contribution >= 4 is 27.4 Å². The Morgan fingerprint density at radius 1 is 1.40 bits per heavy atom. The van der Waals surface area contributed by atoms with E-state index in [1.807, 2.05) is 0 Å². The van der Waals surface area contributed by atoms with E-state index in [0.717, 1.165) is 0 Å². The molecule has 1 aliphatic heterocycles. The summed E-state index contributed by atoms with van der Waals surface area (Å²) in [5.41, 5.74) is 0. The van der Waals surface area contributed by atoms with Crippen molar-refractivity contribution in [3.05, 3.63) is 0 Å². The van der Waals surface area contributed by atoms with Crippen LogP contribution < -0.4 is 0 Å². The van der Waals surface area contributed by atoms with Crippen molar-refractivity contribution in [2.24, 2.45) is 0 Å². The molecule has 0 amide bonds. The number of alkyl halides is 1. The zero-order chi connectivity index (χ0) is 11.5. The number of rotatable bonds is 3. The van der Waals surface area contributed by atoms with Gasteiger partial charge in [-0.25, -0.2) is 8.42 Å². The molecule has 1 fully saturated rings. The highest BCUT2D eigenvalue weighted by Gasteiger charge is 2.23. The maximum absolute atomic E-state index is 11.3. The molecule has 1 heterocycles. The molecule has 0 spiro atoms. The van der Waals surface area contributed by atoms with E-state index in [4.69, 9.17) is 16.7 Å². The van der Waals surface area contributed by atoms with Crippen molar-refractivity contribution in [3.63, 3.8) is 0 Å². The van der Waals surface area contributed by atoms with Crippen LogP contribution in [-0.4, -0.2) is 60.9 Å². The first-order valence-corrected chi connectivity index (χ1v) is 6.96. The fourth-order valence-electron chi connectivity index (χ4n) is 1.48. The molecule has 1 rings (SSSR count). The second-order valence-electron chi connectivity index (χ2n) is 3.61. The Morgan fingerprint density at radius 3 is 2.67 bits per heavy atom. The van der Waals surface area contributed by atoms with E-state index in [-0.39, 0.29) is 18.1 Å². The minimum atomic E-state index is -2.94. The zero-order valence-corrected chi connectivity index (χ0v) is 9.80. The van der Waals surface area contributed by atoms with E-state index in [0.29, 0.717) is 19.5 Å². The normalized spacial score (nSPS) is 24.3. The molecule has 0 bridgehead atoms. The highest BCUT2D eigenvalue weighted by Crippen LogP contribution is 2.07. The lowest BCUT2D eigenvalue weighted by Gasteiger charge is -2.20. The van der Waals surface area contributed by atoms with Gasteiger partial charge in [0.05, 0.1) is 11.5 Å². The second-order valence-corrected chi connectivity index (χ2v) is 6.44. The molecule has 1 aliphatic rings. The van der Waals surface area contributed by atoms with Crippen LogP contribution >= 0.6 is 11.6 Å². The van der Waals surface area contributed by atoms with Crippen LogP contribution in [0.1, 0.15) is 6.42 Å². The quantitative estimate of drug-likeness (QED) is 0.707. The van der Waals surface area contributed by atoms with E-state index in [9.17, 15) is 13.2 Å². The molecule has 0 radical (unpaired) electrons. The first kappa shape index (κ1) is 12.7. The summed E-state index contributed by atoms with van der Waals surface area (Å²) in [5.74, 6) is -0.788. The molecule has 15 heavy (non-hydrogen) atoms. The Labute approximate surface area is 93.9 Å². The highest BCUT2D eigenvalue weighted by molar-refractivity contribution is 7.91. The number of carboxylic acids is 1. The molecule has 5 nitrogen and oxygen atoms in total. The van der Waals surface area contributed by atoms with Crippen molar-refractivity contribution in [1.29, 1.82) is 0 Å².